The summed E-state index contributed by atoms with van der Waals surface area (Å²) in [6.07, 6.45) is 50.2. The third-order valence-corrected chi connectivity index (χ3v) is 9.19. The van der Waals surface area contributed by atoms with Gasteiger partial charge in [0.2, 0.25) is 0 Å². The summed E-state index contributed by atoms with van der Waals surface area (Å²) in [5, 5.41) is 0. The van der Waals surface area contributed by atoms with Crippen LogP contribution in [0, 0.1) is 0 Å². The number of unbranched alkanes of at least 4 members (excludes halogenated alkanes) is 15. The second-order valence-electron chi connectivity index (χ2n) is 13.2. The van der Waals surface area contributed by atoms with E-state index in [4.69, 9.17) is 24.3 Å². The highest BCUT2D eigenvalue weighted by Crippen LogP contribution is 2.43. The van der Waals surface area contributed by atoms with Crippen molar-refractivity contribution in [3.63, 3.8) is 0 Å². The van der Waals surface area contributed by atoms with Crippen molar-refractivity contribution >= 4 is 13.8 Å². The summed E-state index contributed by atoms with van der Waals surface area (Å²) in [7, 11) is -4.31. The standard InChI is InChI=1S/C43H76NO7P/c1-3-5-7-9-11-13-15-17-19-20-21-22-23-24-26-28-30-32-34-36-43(45)51-42(41-50-52(46,47)49-39-37-44)40-48-38-35-33-31-29-27-25-18-16-14-12-10-8-6-4-2/h11,13,17,19,21-22,24,26,30,32,35,38,42H,3-10,12,14-16,18,20,23,25,27-29,31,33-34,36-37,39-41,44H2,1-2H3,(H,46,47)/b13-11-,19-17-,22-21-,26-24-,32-30-,38-35+. The highest BCUT2D eigenvalue weighted by atomic mass is 31.2. The molecule has 9 heteroatoms. The molecule has 0 fully saturated rings. The lowest BCUT2D eigenvalue weighted by molar-refractivity contribution is -0.153. The maximum Gasteiger partial charge on any atom is 0.472 e. The number of carbonyl (C=O) groups is 1. The average molecular weight is 750 g/mol. The van der Waals surface area contributed by atoms with E-state index in [-0.39, 0.29) is 32.8 Å². The Morgan fingerprint density at radius 3 is 1.58 bits per heavy atom. The molecule has 0 aromatic carbocycles. The number of hydrogen-bond donors (Lipinski definition) is 2. The van der Waals surface area contributed by atoms with Gasteiger partial charge in [-0.25, -0.2) is 4.57 Å². The van der Waals surface area contributed by atoms with Crippen molar-refractivity contribution in [2.24, 2.45) is 5.73 Å². The first-order valence-corrected chi connectivity index (χ1v) is 22.0. The van der Waals surface area contributed by atoms with Crippen LogP contribution in [0.1, 0.15) is 162 Å². The van der Waals surface area contributed by atoms with Crippen LogP contribution in [0.5, 0.6) is 0 Å². The van der Waals surface area contributed by atoms with E-state index in [0.717, 1.165) is 38.5 Å². The molecule has 0 aliphatic rings. The van der Waals surface area contributed by atoms with Crippen LogP contribution in [0.4, 0.5) is 0 Å². The zero-order chi connectivity index (χ0) is 38.1. The zero-order valence-electron chi connectivity index (χ0n) is 33.0. The monoisotopic (exact) mass is 750 g/mol. The minimum Gasteiger partial charge on any atom is -0.498 e. The number of ether oxygens (including phenoxy) is 2. The Morgan fingerprint density at radius 2 is 1.04 bits per heavy atom. The summed E-state index contributed by atoms with van der Waals surface area (Å²) in [4.78, 5) is 22.4. The molecule has 52 heavy (non-hydrogen) atoms. The normalized spacial score (nSPS) is 14.2. The second kappa shape index (κ2) is 40.0. The Balaban J connectivity index is 4.27. The fraction of sp³-hybridized carbons (Fsp3) is 0.698. The van der Waals surface area contributed by atoms with E-state index in [2.05, 4.69) is 62.5 Å². The Hall–Kier alpha value is -2.22. The van der Waals surface area contributed by atoms with Crippen LogP contribution in [0.3, 0.4) is 0 Å². The molecule has 0 rings (SSSR count). The van der Waals surface area contributed by atoms with Crippen LogP contribution in [0.25, 0.3) is 0 Å². The van der Waals surface area contributed by atoms with Gasteiger partial charge in [0.05, 0.1) is 19.5 Å². The summed E-state index contributed by atoms with van der Waals surface area (Å²) in [5.41, 5.74) is 5.35. The van der Waals surface area contributed by atoms with Gasteiger partial charge in [-0.05, 0) is 63.9 Å². The Morgan fingerprint density at radius 1 is 0.596 bits per heavy atom. The lowest BCUT2D eigenvalue weighted by Crippen LogP contribution is -2.27. The predicted molar refractivity (Wildman–Crippen MR) is 219 cm³/mol. The highest BCUT2D eigenvalue weighted by molar-refractivity contribution is 7.47. The third-order valence-electron chi connectivity index (χ3n) is 8.20. The van der Waals surface area contributed by atoms with E-state index >= 15 is 0 Å². The van der Waals surface area contributed by atoms with Gasteiger partial charge in [-0.2, -0.15) is 0 Å². The quantitative estimate of drug-likeness (QED) is 0.0211. The molecular formula is C43H76NO7P. The molecule has 0 spiro atoms. The SMILES string of the molecule is CCCCC/C=C\C/C=C\C/C=C\C/C=C\C/C=C\CCC(=O)OC(CO/C=C/CCCCCCCCCCCCCC)COP(=O)(O)OCCN. The van der Waals surface area contributed by atoms with E-state index in [9.17, 15) is 14.3 Å². The van der Waals surface area contributed by atoms with Crippen molar-refractivity contribution < 1.29 is 32.8 Å². The van der Waals surface area contributed by atoms with E-state index in [1.807, 2.05) is 18.2 Å². The van der Waals surface area contributed by atoms with Crippen LogP contribution < -0.4 is 5.73 Å². The summed E-state index contributed by atoms with van der Waals surface area (Å²) in [5.74, 6) is -0.435. The number of phosphoric ester groups is 1. The van der Waals surface area contributed by atoms with Crippen molar-refractivity contribution in [3.05, 3.63) is 73.1 Å². The Kier molecular flexibility index (Phi) is 38.3. The van der Waals surface area contributed by atoms with E-state index in [0.29, 0.717) is 6.42 Å². The largest absolute Gasteiger partial charge is 0.498 e. The number of hydrogen-bond acceptors (Lipinski definition) is 7. The molecule has 0 amide bonds. The molecule has 0 aliphatic carbocycles. The Labute approximate surface area is 318 Å². The second-order valence-corrected chi connectivity index (χ2v) is 14.7. The average Bonchev–Trinajstić information content (AvgIpc) is 3.13. The van der Waals surface area contributed by atoms with Gasteiger partial charge in [0, 0.05) is 13.0 Å². The van der Waals surface area contributed by atoms with Crippen molar-refractivity contribution in [1.29, 1.82) is 0 Å². The molecule has 8 nitrogen and oxygen atoms in total. The van der Waals surface area contributed by atoms with Crippen LogP contribution in [0.15, 0.2) is 73.1 Å². The summed E-state index contributed by atoms with van der Waals surface area (Å²) in [6.45, 7) is 4.11. The maximum atomic E-state index is 12.5. The summed E-state index contributed by atoms with van der Waals surface area (Å²) < 4.78 is 33.0. The molecule has 0 saturated carbocycles. The first-order chi connectivity index (χ1) is 25.4. The molecule has 0 bridgehead atoms. The number of phosphoric acid groups is 1. The first-order valence-electron chi connectivity index (χ1n) is 20.5. The van der Waals surface area contributed by atoms with Gasteiger partial charge in [-0.15, -0.1) is 0 Å². The van der Waals surface area contributed by atoms with Gasteiger partial charge < -0.3 is 20.1 Å². The molecule has 3 N–H and O–H groups in total. The molecule has 2 atom stereocenters. The van der Waals surface area contributed by atoms with Gasteiger partial charge in [0.1, 0.15) is 6.61 Å². The number of allylic oxidation sites excluding steroid dienone is 11. The zero-order valence-corrected chi connectivity index (χ0v) is 33.9. The van der Waals surface area contributed by atoms with Crippen LogP contribution in [0.2, 0.25) is 0 Å². The van der Waals surface area contributed by atoms with Gasteiger partial charge in [-0.1, -0.05) is 158 Å². The molecule has 0 heterocycles. The Bertz CT molecular complexity index is 1020. The maximum absolute atomic E-state index is 12.5. The highest BCUT2D eigenvalue weighted by Gasteiger charge is 2.25. The van der Waals surface area contributed by atoms with Crippen LogP contribution in [-0.4, -0.2) is 43.3 Å². The topological polar surface area (TPSA) is 117 Å². The summed E-state index contributed by atoms with van der Waals surface area (Å²) >= 11 is 0. The van der Waals surface area contributed by atoms with Gasteiger partial charge >= 0.3 is 13.8 Å². The molecule has 0 aromatic rings. The molecule has 0 aromatic heterocycles. The first kappa shape index (κ1) is 49.8. The predicted octanol–water partition coefficient (Wildman–Crippen LogP) is 12.3. The lowest BCUT2D eigenvalue weighted by Gasteiger charge is -2.19. The van der Waals surface area contributed by atoms with Gasteiger partial charge in [-0.3, -0.25) is 13.8 Å². The fourth-order valence-electron chi connectivity index (χ4n) is 5.18. The van der Waals surface area contributed by atoms with Crippen LogP contribution >= 0.6 is 7.82 Å². The minimum absolute atomic E-state index is 0.000517. The summed E-state index contributed by atoms with van der Waals surface area (Å²) in [6, 6.07) is 0. The molecular weight excluding hydrogens is 673 g/mol. The third kappa shape index (κ3) is 39.0. The fourth-order valence-corrected chi connectivity index (χ4v) is 5.94. The number of carbonyl (C=O) groups excluding carboxylic acids is 1. The van der Waals surface area contributed by atoms with Crippen molar-refractivity contribution in [2.75, 3.05) is 26.4 Å². The smallest absolute Gasteiger partial charge is 0.472 e. The molecule has 0 aliphatic heterocycles. The number of rotatable bonds is 38. The molecule has 2 unspecified atom stereocenters. The molecule has 300 valence electrons. The van der Waals surface area contributed by atoms with Gasteiger partial charge in [0.15, 0.2) is 6.10 Å². The van der Waals surface area contributed by atoms with E-state index in [1.165, 1.54) is 96.3 Å². The number of esters is 1. The van der Waals surface area contributed by atoms with E-state index in [1.54, 1.807) is 6.26 Å². The van der Waals surface area contributed by atoms with Crippen molar-refractivity contribution in [2.45, 2.75) is 168 Å². The minimum atomic E-state index is -4.31. The molecule has 0 radical (unpaired) electrons. The molecule has 0 saturated heterocycles. The van der Waals surface area contributed by atoms with Crippen molar-refractivity contribution in [1.82, 2.24) is 0 Å². The van der Waals surface area contributed by atoms with Crippen molar-refractivity contribution in [3.8, 4) is 0 Å². The number of nitrogens with two attached hydrogens (primary N) is 1. The van der Waals surface area contributed by atoms with E-state index < -0.39 is 19.9 Å². The van der Waals surface area contributed by atoms with Gasteiger partial charge in [0.25, 0.3) is 0 Å². The lowest BCUT2D eigenvalue weighted by atomic mass is 10.0. The van der Waals surface area contributed by atoms with Crippen LogP contribution in [-0.2, 0) is 27.9 Å².